The maximum Gasteiger partial charge on any atom is 0.176 e. The maximum atomic E-state index is 14.2. The Morgan fingerprint density at radius 2 is 1.71 bits per heavy atom. The molecule has 0 saturated carbocycles. The highest BCUT2D eigenvalue weighted by Crippen LogP contribution is 2.25. The smallest absolute Gasteiger partial charge is 0.176 e. The Hall–Kier alpha value is -3.01. The number of nitrogens with one attached hydrogen (secondary N) is 2. The summed E-state index contributed by atoms with van der Waals surface area (Å²) >= 11 is 17.8. The van der Waals surface area contributed by atoms with Crippen molar-refractivity contribution < 1.29 is 8.78 Å². The van der Waals surface area contributed by atoms with Gasteiger partial charge in [-0.3, -0.25) is 9.36 Å². The van der Waals surface area contributed by atoms with Crippen LogP contribution in [0.15, 0.2) is 42.5 Å². The zero-order valence-electron chi connectivity index (χ0n) is 19.2. The number of anilines is 2. The molecule has 4 rings (SSSR count). The molecule has 0 unspecified atom stereocenters. The third kappa shape index (κ3) is 5.63. The first-order valence-corrected chi connectivity index (χ1v) is 11.8. The molecular formula is C24H22Cl2F2N6S. The van der Waals surface area contributed by atoms with Gasteiger partial charge in [0.1, 0.15) is 11.6 Å². The average molecular weight is 535 g/mol. The molecule has 0 amide bonds. The summed E-state index contributed by atoms with van der Waals surface area (Å²) in [6, 6.07) is 10.7. The second-order valence-corrected chi connectivity index (χ2v) is 9.27. The predicted molar refractivity (Wildman–Crippen MR) is 140 cm³/mol. The fraction of sp³-hybridized carbons (Fsp3) is 0.208. The quantitative estimate of drug-likeness (QED) is 0.276. The first kappa shape index (κ1) is 25.1. The number of aryl methyl sites for hydroxylation is 2. The van der Waals surface area contributed by atoms with Gasteiger partial charge in [-0.25, -0.2) is 8.78 Å². The topological polar surface area (TPSA) is 59.7 Å². The Morgan fingerprint density at radius 1 is 0.943 bits per heavy atom. The van der Waals surface area contributed by atoms with Crippen LogP contribution in [0.4, 0.5) is 20.3 Å². The van der Waals surface area contributed by atoms with Gasteiger partial charge in [-0.2, -0.15) is 10.2 Å². The molecule has 2 aromatic heterocycles. The van der Waals surface area contributed by atoms with E-state index in [0.717, 1.165) is 17.0 Å². The SMILES string of the molecule is Cc1nn(Cc2c(F)cccc2Cl)c(C)c1NC(=S)Nc1cc(C)n(Cc2ccc(F)cc2Cl)n1. The Bertz CT molecular complexity index is 1400. The van der Waals surface area contributed by atoms with Crippen LogP contribution in [0.3, 0.4) is 0 Å². The second-order valence-electron chi connectivity index (χ2n) is 8.05. The van der Waals surface area contributed by atoms with E-state index in [0.29, 0.717) is 44.5 Å². The molecule has 0 aliphatic heterocycles. The van der Waals surface area contributed by atoms with E-state index in [-0.39, 0.29) is 18.2 Å². The molecule has 35 heavy (non-hydrogen) atoms. The summed E-state index contributed by atoms with van der Waals surface area (Å²) in [7, 11) is 0. The summed E-state index contributed by atoms with van der Waals surface area (Å²) in [6.07, 6.45) is 0. The lowest BCUT2D eigenvalue weighted by Gasteiger charge is -2.11. The van der Waals surface area contributed by atoms with Crippen LogP contribution in [-0.4, -0.2) is 24.7 Å². The molecule has 0 atom stereocenters. The van der Waals surface area contributed by atoms with Crippen LogP contribution in [-0.2, 0) is 13.1 Å². The molecule has 0 fully saturated rings. The van der Waals surface area contributed by atoms with E-state index in [1.54, 1.807) is 27.6 Å². The van der Waals surface area contributed by atoms with Crippen molar-refractivity contribution in [3.63, 3.8) is 0 Å². The van der Waals surface area contributed by atoms with Gasteiger partial charge in [0, 0.05) is 27.4 Å². The largest absolute Gasteiger partial charge is 0.329 e. The van der Waals surface area contributed by atoms with Crippen molar-refractivity contribution in [2.45, 2.75) is 33.9 Å². The van der Waals surface area contributed by atoms with E-state index >= 15 is 0 Å². The van der Waals surface area contributed by atoms with Crippen molar-refractivity contribution >= 4 is 52.0 Å². The van der Waals surface area contributed by atoms with Crippen LogP contribution in [0, 0.1) is 32.4 Å². The fourth-order valence-corrected chi connectivity index (χ4v) is 4.32. The molecule has 0 saturated heterocycles. The summed E-state index contributed by atoms with van der Waals surface area (Å²) < 4.78 is 31.0. The van der Waals surface area contributed by atoms with Gasteiger partial charge in [0.05, 0.1) is 30.2 Å². The third-order valence-electron chi connectivity index (χ3n) is 5.55. The van der Waals surface area contributed by atoms with E-state index in [1.165, 1.54) is 18.2 Å². The van der Waals surface area contributed by atoms with Crippen molar-refractivity contribution in [1.29, 1.82) is 0 Å². The van der Waals surface area contributed by atoms with Crippen LogP contribution in [0.2, 0.25) is 10.0 Å². The van der Waals surface area contributed by atoms with Crippen molar-refractivity contribution in [3.8, 4) is 0 Å². The molecule has 0 aliphatic carbocycles. The van der Waals surface area contributed by atoms with Gasteiger partial charge in [0.25, 0.3) is 0 Å². The van der Waals surface area contributed by atoms with Gasteiger partial charge in [-0.05, 0) is 62.8 Å². The number of rotatable bonds is 6. The van der Waals surface area contributed by atoms with Gasteiger partial charge in [0.2, 0.25) is 0 Å². The highest BCUT2D eigenvalue weighted by molar-refractivity contribution is 7.80. The molecule has 11 heteroatoms. The molecule has 2 heterocycles. The number of hydrogen-bond donors (Lipinski definition) is 2. The molecule has 0 bridgehead atoms. The molecule has 6 nitrogen and oxygen atoms in total. The average Bonchev–Trinajstić information content (AvgIpc) is 3.25. The van der Waals surface area contributed by atoms with Crippen LogP contribution in [0.5, 0.6) is 0 Å². The van der Waals surface area contributed by atoms with E-state index in [2.05, 4.69) is 20.8 Å². The van der Waals surface area contributed by atoms with Crippen LogP contribution in [0.25, 0.3) is 0 Å². The Morgan fingerprint density at radius 3 is 2.43 bits per heavy atom. The zero-order chi connectivity index (χ0) is 25.3. The maximum absolute atomic E-state index is 14.2. The Labute approximate surface area is 216 Å². The first-order valence-electron chi connectivity index (χ1n) is 10.7. The van der Waals surface area contributed by atoms with Crippen LogP contribution in [0.1, 0.15) is 28.2 Å². The minimum absolute atomic E-state index is 0.190. The van der Waals surface area contributed by atoms with Crippen LogP contribution < -0.4 is 10.6 Å². The molecule has 2 N–H and O–H groups in total. The molecule has 2 aromatic carbocycles. The highest BCUT2D eigenvalue weighted by atomic mass is 35.5. The summed E-state index contributed by atoms with van der Waals surface area (Å²) in [5.41, 5.74) is 4.18. The number of thiocarbonyl (C=S) groups is 1. The lowest BCUT2D eigenvalue weighted by atomic mass is 10.2. The summed E-state index contributed by atoms with van der Waals surface area (Å²) in [5.74, 6) is -0.232. The van der Waals surface area contributed by atoms with Crippen molar-refractivity contribution in [2.75, 3.05) is 10.6 Å². The van der Waals surface area contributed by atoms with E-state index < -0.39 is 0 Å². The number of hydrogen-bond acceptors (Lipinski definition) is 3. The van der Waals surface area contributed by atoms with Gasteiger partial charge in [-0.1, -0.05) is 35.3 Å². The van der Waals surface area contributed by atoms with Crippen molar-refractivity contribution in [2.24, 2.45) is 0 Å². The summed E-state index contributed by atoms with van der Waals surface area (Å²) in [6.45, 7) is 6.18. The zero-order valence-corrected chi connectivity index (χ0v) is 21.5. The summed E-state index contributed by atoms with van der Waals surface area (Å²) in [5, 5.41) is 16.3. The fourth-order valence-electron chi connectivity index (χ4n) is 3.67. The minimum Gasteiger partial charge on any atom is -0.329 e. The standard InChI is InChI=1S/C24H22Cl2F2N6S/c1-13-9-22(32-33(13)11-16-7-8-17(27)10-20(16)26)29-24(35)30-23-14(2)31-34(15(23)3)12-18-19(25)5-4-6-21(18)28/h4-10H,11-12H2,1-3H3,(H2,29,30,32,35). The number of halogens is 4. The van der Waals surface area contributed by atoms with Gasteiger partial charge >= 0.3 is 0 Å². The van der Waals surface area contributed by atoms with Gasteiger partial charge in [-0.15, -0.1) is 0 Å². The lowest BCUT2D eigenvalue weighted by molar-refractivity contribution is 0.579. The van der Waals surface area contributed by atoms with E-state index in [1.807, 2.05) is 26.8 Å². The Kier molecular flexibility index (Phi) is 7.39. The van der Waals surface area contributed by atoms with E-state index in [9.17, 15) is 8.78 Å². The monoisotopic (exact) mass is 534 g/mol. The molecule has 0 spiro atoms. The summed E-state index contributed by atoms with van der Waals surface area (Å²) in [4.78, 5) is 0. The molecule has 182 valence electrons. The Balaban J connectivity index is 1.46. The van der Waals surface area contributed by atoms with Gasteiger partial charge < -0.3 is 10.6 Å². The lowest BCUT2D eigenvalue weighted by Crippen LogP contribution is -2.20. The van der Waals surface area contributed by atoms with Crippen molar-refractivity contribution in [3.05, 3.63) is 92.4 Å². The van der Waals surface area contributed by atoms with Gasteiger partial charge in [0.15, 0.2) is 10.9 Å². The van der Waals surface area contributed by atoms with E-state index in [4.69, 9.17) is 35.4 Å². The number of nitrogens with zero attached hydrogens (tertiary/aromatic N) is 4. The predicted octanol–water partition coefficient (Wildman–Crippen LogP) is 6.50. The van der Waals surface area contributed by atoms with Crippen molar-refractivity contribution in [1.82, 2.24) is 19.6 Å². The van der Waals surface area contributed by atoms with Crippen LogP contribution >= 0.6 is 35.4 Å². The second kappa shape index (κ2) is 10.3. The molecule has 0 aliphatic rings. The highest BCUT2D eigenvalue weighted by Gasteiger charge is 2.16. The minimum atomic E-state index is -0.388. The number of benzene rings is 2. The number of aromatic nitrogens is 4. The molecule has 0 radical (unpaired) electrons. The molecular weight excluding hydrogens is 513 g/mol. The third-order valence-corrected chi connectivity index (χ3v) is 6.46. The normalized spacial score (nSPS) is 11.1. The molecule has 4 aromatic rings. The first-order chi connectivity index (χ1) is 16.6.